The predicted molar refractivity (Wildman–Crippen MR) is 268 cm³/mol. The quantitative estimate of drug-likeness (QED) is 0.0287. The summed E-state index contributed by atoms with van der Waals surface area (Å²) in [5.41, 5.74) is 4.67. The van der Waals surface area contributed by atoms with Gasteiger partial charge in [0.2, 0.25) is 0 Å². The van der Waals surface area contributed by atoms with Crippen LogP contribution in [0.25, 0.3) is 6.08 Å². The molecule has 1 aromatic heterocycles. The number of hydrogen-bond acceptors (Lipinski definition) is 14. The average molecular weight is 1020 g/mol. The zero-order chi connectivity index (χ0) is 51.1. The SMILES string of the molecule is CCN(NC(=O)c1ccc(OC)cc1)C(=O)c1ccc(OC(=O)C2CCC(C(=O)OCCc3ccc(OC(=O)C4CCC(C(=O)Oc5ccc(OC)cc5/C=C/C(=O)c5ccc(Cl)s5)CC4)cc3)CC2)cc1. The van der Waals surface area contributed by atoms with Crippen molar-refractivity contribution in [1.29, 1.82) is 0 Å². The molecule has 17 heteroatoms. The highest BCUT2D eigenvalue weighted by Crippen LogP contribution is 2.34. The molecular formula is C55H55ClN2O13S. The zero-order valence-corrected chi connectivity index (χ0v) is 41.7. The molecule has 2 aliphatic rings. The Morgan fingerprint density at radius 3 is 1.64 bits per heavy atom. The van der Waals surface area contributed by atoms with Gasteiger partial charge < -0.3 is 28.4 Å². The number of benzene rings is 4. The number of thiophene rings is 1. The van der Waals surface area contributed by atoms with Crippen LogP contribution in [-0.4, -0.2) is 73.9 Å². The molecule has 0 saturated heterocycles. The summed E-state index contributed by atoms with van der Waals surface area (Å²) in [5, 5.41) is 1.20. The summed E-state index contributed by atoms with van der Waals surface area (Å²) in [6.45, 7) is 2.11. The van der Waals surface area contributed by atoms with E-state index in [-0.39, 0.29) is 54.2 Å². The van der Waals surface area contributed by atoms with E-state index in [1.165, 1.54) is 60.9 Å². The number of hydrogen-bond donors (Lipinski definition) is 1. The van der Waals surface area contributed by atoms with Crippen LogP contribution in [0.3, 0.4) is 0 Å². The van der Waals surface area contributed by atoms with Crippen LogP contribution in [0.2, 0.25) is 4.34 Å². The first-order chi connectivity index (χ1) is 34.8. The van der Waals surface area contributed by atoms with E-state index in [1.54, 1.807) is 79.7 Å². The Bertz CT molecular complexity index is 2760. The third kappa shape index (κ3) is 14.2. The number of ether oxygens (including phenoxy) is 6. The molecule has 0 atom stereocenters. The highest BCUT2D eigenvalue weighted by Gasteiger charge is 2.34. The Balaban J connectivity index is 0.780. The minimum absolute atomic E-state index is 0.163. The predicted octanol–water partition coefficient (Wildman–Crippen LogP) is 9.94. The van der Waals surface area contributed by atoms with Crippen molar-refractivity contribution in [1.82, 2.24) is 10.4 Å². The molecule has 1 heterocycles. The van der Waals surface area contributed by atoms with Crippen molar-refractivity contribution in [2.24, 2.45) is 23.7 Å². The van der Waals surface area contributed by atoms with Crippen molar-refractivity contribution in [3.05, 3.63) is 141 Å². The lowest BCUT2D eigenvalue weighted by Crippen LogP contribution is -2.46. The van der Waals surface area contributed by atoms with Crippen molar-refractivity contribution < 1.29 is 62.0 Å². The van der Waals surface area contributed by atoms with Crippen LogP contribution in [0.15, 0.2) is 109 Å². The van der Waals surface area contributed by atoms with Crippen LogP contribution in [-0.2, 0) is 30.3 Å². The number of carbonyl (C=O) groups is 7. The molecule has 0 aliphatic heterocycles. The molecule has 2 amide bonds. The summed E-state index contributed by atoms with van der Waals surface area (Å²) in [6, 6.07) is 27.9. The smallest absolute Gasteiger partial charge is 0.314 e. The molecule has 72 heavy (non-hydrogen) atoms. The number of nitrogens with zero attached hydrogens (tertiary/aromatic N) is 1. The van der Waals surface area contributed by atoms with Crippen molar-refractivity contribution in [2.45, 2.75) is 64.7 Å². The molecule has 2 saturated carbocycles. The fraction of sp³-hybridized carbons (Fsp3) is 0.327. The average Bonchev–Trinajstić information content (AvgIpc) is 3.86. The van der Waals surface area contributed by atoms with Crippen molar-refractivity contribution in [3.63, 3.8) is 0 Å². The minimum atomic E-state index is -0.450. The minimum Gasteiger partial charge on any atom is -0.497 e. The lowest BCUT2D eigenvalue weighted by Gasteiger charge is -2.26. The van der Waals surface area contributed by atoms with Crippen LogP contribution in [0.1, 0.15) is 99.8 Å². The largest absolute Gasteiger partial charge is 0.497 e. The summed E-state index contributed by atoms with van der Waals surface area (Å²) < 4.78 is 33.7. The maximum Gasteiger partial charge on any atom is 0.314 e. The number of methoxy groups -OCH3 is 2. The lowest BCUT2D eigenvalue weighted by atomic mass is 9.82. The first-order valence-corrected chi connectivity index (χ1v) is 24.9. The summed E-state index contributed by atoms with van der Waals surface area (Å²) in [4.78, 5) is 91.4. The second-order valence-electron chi connectivity index (χ2n) is 17.4. The Labute approximate surface area is 426 Å². The topological polar surface area (TPSA) is 190 Å². The Morgan fingerprint density at radius 2 is 1.11 bits per heavy atom. The van der Waals surface area contributed by atoms with E-state index in [0.717, 1.165) is 5.56 Å². The third-order valence-electron chi connectivity index (χ3n) is 12.7. The molecular weight excluding hydrogens is 964 g/mol. The number of ketones is 1. The maximum atomic E-state index is 13.3. The summed E-state index contributed by atoms with van der Waals surface area (Å²) in [6.07, 6.45) is 7.11. The van der Waals surface area contributed by atoms with Crippen molar-refractivity contribution >= 4 is 70.5 Å². The van der Waals surface area contributed by atoms with Gasteiger partial charge in [0.15, 0.2) is 5.78 Å². The number of allylic oxidation sites excluding steroid dienone is 1. The molecule has 5 aromatic rings. The van der Waals surface area contributed by atoms with E-state index in [9.17, 15) is 33.6 Å². The molecule has 0 bridgehead atoms. The second-order valence-corrected chi connectivity index (χ2v) is 19.1. The van der Waals surface area contributed by atoms with Crippen LogP contribution in [0.5, 0.6) is 28.7 Å². The van der Waals surface area contributed by atoms with Gasteiger partial charge in [-0.15, -0.1) is 11.3 Å². The van der Waals surface area contributed by atoms with Gasteiger partial charge in [-0.2, -0.15) is 0 Å². The maximum absolute atomic E-state index is 13.3. The number of amides is 2. The number of esters is 4. The molecule has 2 aliphatic carbocycles. The molecule has 376 valence electrons. The molecule has 7 rings (SSSR count). The Morgan fingerprint density at radius 1 is 0.611 bits per heavy atom. The highest BCUT2D eigenvalue weighted by molar-refractivity contribution is 7.18. The van der Waals surface area contributed by atoms with Gasteiger partial charge in [0.05, 0.1) is 53.7 Å². The van der Waals surface area contributed by atoms with E-state index in [2.05, 4.69) is 5.43 Å². The Hall–Kier alpha value is -7.30. The van der Waals surface area contributed by atoms with Crippen molar-refractivity contribution in [3.8, 4) is 28.7 Å². The van der Waals surface area contributed by atoms with Crippen LogP contribution in [0.4, 0.5) is 0 Å². The van der Waals surface area contributed by atoms with E-state index < -0.39 is 35.6 Å². The van der Waals surface area contributed by atoms with Gasteiger partial charge in [-0.25, -0.2) is 0 Å². The summed E-state index contributed by atoms with van der Waals surface area (Å²) in [5.74, 6) is -2.07. The lowest BCUT2D eigenvalue weighted by molar-refractivity contribution is -0.152. The van der Waals surface area contributed by atoms with E-state index in [0.29, 0.717) is 101 Å². The van der Waals surface area contributed by atoms with Gasteiger partial charge in [0.25, 0.3) is 11.8 Å². The monoisotopic (exact) mass is 1020 g/mol. The van der Waals surface area contributed by atoms with E-state index in [1.807, 2.05) is 12.1 Å². The number of nitrogens with one attached hydrogen (secondary N) is 1. The van der Waals surface area contributed by atoms with Gasteiger partial charge in [0.1, 0.15) is 28.7 Å². The first kappa shape index (κ1) is 52.5. The number of halogens is 1. The normalized spacial score (nSPS) is 17.5. The van der Waals surface area contributed by atoms with E-state index >= 15 is 0 Å². The molecule has 1 N–H and O–H groups in total. The van der Waals surface area contributed by atoms with Gasteiger partial charge in [0, 0.05) is 29.7 Å². The third-order valence-corrected chi connectivity index (χ3v) is 13.9. The number of hydrazine groups is 1. The highest BCUT2D eigenvalue weighted by atomic mass is 35.5. The number of carbonyl (C=O) groups excluding carboxylic acids is 7. The zero-order valence-electron chi connectivity index (χ0n) is 40.1. The first-order valence-electron chi connectivity index (χ1n) is 23.7. The fourth-order valence-electron chi connectivity index (χ4n) is 8.43. The van der Waals surface area contributed by atoms with Crippen LogP contribution >= 0.6 is 22.9 Å². The molecule has 15 nitrogen and oxygen atoms in total. The second kappa shape index (κ2) is 25.2. The Kier molecular flexibility index (Phi) is 18.4. The van der Waals surface area contributed by atoms with Gasteiger partial charge in [-0.3, -0.25) is 44.0 Å². The van der Waals surface area contributed by atoms with Crippen molar-refractivity contribution in [2.75, 3.05) is 27.4 Å². The molecule has 0 spiro atoms. The molecule has 0 radical (unpaired) electrons. The number of rotatable bonds is 18. The van der Waals surface area contributed by atoms with Crippen LogP contribution in [0, 0.1) is 23.7 Å². The van der Waals surface area contributed by atoms with Gasteiger partial charge in [-0.1, -0.05) is 23.7 Å². The van der Waals surface area contributed by atoms with E-state index in [4.69, 9.17) is 40.0 Å². The standard InChI is InChI=1S/C55H55ClN2O13S/c1-4-58(57-50(60)35-15-22-42(66-2)23-16-35)51(61)36-17-24-44(25-18-36)70-54(64)38-9-7-37(8-10-38)52(62)68-32-31-34-5-20-43(21-6-34)69-53(63)39-11-13-40(14-12-39)55(65)71-47-28-26-45(67-3)33-41(47)19-27-46(59)48-29-30-49(56)72-48/h5-6,15-30,33,37-40H,4,7-14,31-32H2,1-3H3,(H,57,60)/b27-19+. The van der Waals surface area contributed by atoms with Gasteiger partial charge in [-0.05, 0) is 167 Å². The summed E-state index contributed by atoms with van der Waals surface area (Å²) >= 11 is 7.16. The summed E-state index contributed by atoms with van der Waals surface area (Å²) in [7, 11) is 3.05. The molecule has 0 unspecified atom stereocenters. The fourth-order valence-corrected chi connectivity index (χ4v) is 9.39. The molecule has 2 fully saturated rings. The van der Waals surface area contributed by atoms with Crippen LogP contribution < -0.4 is 29.1 Å². The van der Waals surface area contributed by atoms with Gasteiger partial charge >= 0.3 is 23.9 Å². The molecule has 4 aromatic carbocycles.